The lowest BCUT2D eigenvalue weighted by atomic mass is 9.74. The molecular weight excluding hydrogens is 230 g/mol. The molecule has 104 valence electrons. The van der Waals surface area contributed by atoms with E-state index in [9.17, 15) is 0 Å². The van der Waals surface area contributed by atoms with Crippen LogP contribution in [-0.4, -0.2) is 13.1 Å². The molecule has 0 aliphatic heterocycles. The Labute approximate surface area is 117 Å². The fourth-order valence-corrected chi connectivity index (χ4v) is 4.27. The fourth-order valence-electron chi connectivity index (χ4n) is 4.27. The van der Waals surface area contributed by atoms with Gasteiger partial charge in [-0.25, -0.2) is 0 Å². The van der Waals surface area contributed by atoms with Gasteiger partial charge in [-0.1, -0.05) is 37.1 Å². The molecule has 1 nitrogen and oxygen atoms in total. The Morgan fingerprint density at radius 2 is 2.00 bits per heavy atom. The monoisotopic (exact) mass is 257 g/mol. The maximum atomic E-state index is 3.49. The maximum Gasteiger partial charge on any atom is 0.00667 e. The van der Waals surface area contributed by atoms with E-state index in [4.69, 9.17) is 0 Å². The summed E-state index contributed by atoms with van der Waals surface area (Å²) in [6, 6.07) is 9.95. The summed E-state index contributed by atoms with van der Waals surface area (Å²) in [5, 5.41) is 3.49. The molecule has 0 radical (unpaired) electrons. The maximum absolute atomic E-state index is 3.49. The first-order chi connectivity index (χ1) is 9.36. The van der Waals surface area contributed by atoms with Gasteiger partial charge in [-0.05, 0) is 68.5 Å². The summed E-state index contributed by atoms with van der Waals surface area (Å²) in [6.07, 6.45) is 11.2. The highest BCUT2D eigenvalue weighted by molar-refractivity contribution is 5.32. The first-order valence-corrected chi connectivity index (χ1v) is 8.12. The summed E-state index contributed by atoms with van der Waals surface area (Å²) in [7, 11) is 2.13. The van der Waals surface area contributed by atoms with Crippen LogP contribution < -0.4 is 5.32 Å². The molecule has 1 heteroatoms. The van der Waals surface area contributed by atoms with Gasteiger partial charge >= 0.3 is 0 Å². The van der Waals surface area contributed by atoms with Gasteiger partial charge in [0.25, 0.3) is 0 Å². The third-order valence-corrected chi connectivity index (χ3v) is 5.30. The van der Waals surface area contributed by atoms with Crippen LogP contribution in [-0.2, 0) is 6.42 Å². The molecule has 2 aliphatic carbocycles. The fraction of sp³-hybridized carbons (Fsp3) is 0.667. The molecule has 3 atom stereocenters. The van der Waals surface area contributed by atoms with Gasteiger partial charge in [-0.2, -0.15) is 0 Å². The van der Waals surface area contributed by atoms with E-state index in [-0.39, 0.29) is 0 Å². The van der Waals surface area contributed by atoms with Crippen LogP contribution in [0.1, 0.15) is 62.0 Å². The Bertz CT molecular complexity index is 412. The van der Waals surface area contributed by atoms with Crippen LogP contribution in [0.3, 0.4) is 0 Å². The Morgan fingerprint density at radius 3 is 2.89 bits per heavy atom. The average Bonchev–Trinajstić information content (AvgIpc) is 2.48. The van der Waals surface area contributed by atoms with Crippen molar-refractivity contribution < 1.29 is 0 Å². The normalized spacial score (nSPS) is 30.9. The Balaban J connectivity index is 1.67. The van der Waals surface area contributed by atoms with Crippen LogP contribution in [0.2, 0.25) is 0 Å². The molecule has 0 aromatic heterocycles. The van der Waals surface area contributed by atoms with E-state index < -0.39 is 0 Å². The van der Waals surface area contributed by atoms with Gasteiger partial charge < -0.3 is 5.32 Å². The summed E-state index contributed by atoms with van der Waals surface area (Å²) in [4.78, 5) is 0. The van der Waals surface area contributed by atoms with Crippen molar-refractivity contribution in [3.05, 3.63) is 35.4 Å². The smallest absolute Gasteiger partial charge is 0.00667 e. The lowest BCUT2D eigenvalue weighted by Crippen LogP contribution is -2.32. The molecule has 0 amide bonds. The molecular formula is C18H27N. The van der Waals surface area contributed by atoms with E-state index in [2.05, 4.69) is 36.6 Å². The third kappa shape index (κ3) is 3.02. The molecule has 1 N–H and O–H groups in total. The van der Waals surface area contributed by atoms with Gasteiger partial charge in [0.15, 0.2) is 0 Å². The zero-order valence-electron chi connectivity index (χ0n) is 12.2. The quantitative estimate of drug-likeness (QED) is 0.852. The number of aryl methyl sites for hydroxylation is 1. The Hall–Kier alpha value is -0.820. The van der Waals surface area contributed by atoms with E-state index >= 15 is 0 Å². The number of hydrogen-bond donors (Lipinski definition) is 1. The summed E-state index contributed by atoms with van der Waals surface area (Å²) in [6.45, 7) is 0. The SMILES string of the molecule is CNC1CCCC(CC2CCCc3ccccc32)C1. The minimum absolute atomic E-state index is 0.776. The van der Waals surface area contributed by atoms with Crippen molar-refractivity contribution in [2.24, 2.45) is 5.92 Å². The molecule has 3 unspecified atom stereocenters. The van der Waals surface area contributed by atoms with Gasteiger partial charge in [0.2, 0.25) is 0 Å². The van der Waals surface area contributed by atoms with Crippen molar-refractivity contribution in [1.82, 2.24) is 5.32 Å². The molecule has 1 aromatic carbocycles. The van der Waals surface area contributed by atoms with Crippen molar-refractivity contribution in [2.75, 3.05) is 7.05 Å². The largest absolute Gasteiger partial charge is 0.317 e. The number of rotatable bonds is 3. The van der Waals surface area contributed by atoms with Crippen LogP contribution in [0.4, 0.5) is 0 Å². The first-order valence-electron chi connectivity index (χ1n) is 8.12. The van der Waals surface area contributed by atoms with Crippen LogP contribution >= 0.6 is 0 Å². The zero-order valence-corrected chi connectivity index (χ0v) is 12.2. The number of nitrogens with one attached hydrogen (secondary N) is 1. The van der Waals surface area contributed by atoms with Crippen molar-refractivity contribution in [1.29, 1.82) is 0 Å². The van der Waals surface area contributed by atoms with Gasteiger partial charge in [-0.3, -0.25) is 0 Å². The predicted octanol–water partition coefficient (Wildman–Crippen LogP) is 4.27. The molecule has 0 heterocycles. The second kappa shape index (κ2) is 6.09. The van der Waals surface area contributed by atoms with E-state index in [0.717, 1.165) is 17.9 Å². The summed E-state index contributed by atoms with van der Waals surface area (Å²) in [5.74, 6) is 1.79. The first kappa shape index (κ1) is 13.2. The molecule has 19 heavy (non-hydrogen) atoms. The van der Waals surface area contributed by atoms with E-state index in [1.54, 1.807) is 11.1 Å². The average molecular weight is 257 g/mol. The number of benzene rings is 1. The molecule has 2 aliphatic rings. The molecule has 1 aromatic rings. The Kier molecular flexibility index (Phi) is 4.22. The molecule has 0 saturated heterocycles. The van der Waals surface area contributed by atoms with E-state index in [0.29, 0.717) is 0 Å². The Morgan fingerprint density at radius 1 is 1.11 bits per heavy atom. The molecule has 1 saturated carbocycles. The minimum Gasteiger partial charge on any atom is -0.317 e. The second-order valence-corrected chi connectivity index (χ2v) is 6.54. The number of fused-ring (bicyclic) bond motifs is 1. The van der Waals surface area contributed by atoms with Crippen molar-refractivity contribution in [3.63, 3.8) is 0 Å². The number of hydrogen-bond acceptors (Lipinski definition) is 1. The topological polar surface area (TPSA) is 12.0 Å². The van der Waals surface area contributed by atoms with Gasteiger partial charge in [0, 0.05) is 6.04 Å². The highest BCUT2D eigenvalue weighted by atomic mass is 14.9. The summed E-state index contributed by atoms with van der Waals surface area (Å²) >= 11 is 0. The lowest BCUT2D eigenvalue weighted by molar-refractivity contribution is 0.262. The van der Waals surface area contributed by atoms with E-state index in [1.165, 1.54) is 51.4 Å². The standard InChI is InChI=1S/C18H27N/c1-19-17-10-4-6-14(13-17)12-16-9-5-8-15-7-2-3-11-18(15)16/h2-3,7,11,14,16-17,19H,4-6,8-10,12-13H2,1H3. The minimum atomic E-state index is 0.776. The highest BCUT2D eigenvalue weighted by Crippen LogP contribution is 2.39. The highest BCUT2D eigenvalue weighted by Gasteiger charge is 2.26. The molecule has 0 bridgehead atoms. The second-order valence-electron chi connectivity index (χ2n) is 6.54. The van der Waals surface area contributed by atoms with Crippen LogP contribution in [0.25, 0.3) is 0 Å². The third-order valence-electron chi connectivity index (χ3n) is 5.30. The summed E-state index contributed by atoms with van der Waals surface area (Å²) in [5.41, 5.74) is 3.29. The summed E-state index contributed by atoms with van der Waals surface area (Å²) < 4.78 is 0. The molecule has 1 fully saturated rings. The lowest BCUT2D eigenvalue weighted by Gasteiger charge is -2.33. The van der Waals surface area contributed by atoms with Crippen molar-refractivity contribution >= 4 is 0 Å². The van der Waals surface area contributed by atoms with Crippen LogP contribution in [0, 0.1) is 5.92 Å². The van der Waals surface area contributed by atoms with Crippen molar-refractivity contribution in [3.8, 4) is 0 Å². The van der Waals surface area contributed by atoms with Gasteiger partial charge in [0.05, 0.1) is 0 Å². The van der Waals surface area contributed by atoms with Crippen molar-refractivity contribution in [2.45, 2.75) is 63.3 Å². The molecule has 0 spiro atoms. The zero-order chi connectivity index (χ0) is 13.1. The van der Waals surface area contributed by atoms with Crippen LogP contribution in [0.15, 0.2) is 24.3 Å². The predicted molar refractivity (Wildman–Crippen MR) is 81.5 cm³/mol. The van der Waals surface area contributed by atoms with E-state index in [1.807, 2.05) is 0 Å². The van der Waals surface area contributed by atoms with Gasteiger partial charge in [0.1, 0.15) is 0 Å². The van der Waals surface area contributed by atoms with Crippen LogP contribution in [0.5, 0.6) is 0 Å². The molecule has 3 rings (SSSR count). The van der Waals surface area contributed by atoms with Gasteiger partial charge in [-0.15, -0.1) is 0 Å².